The molecule has 1 aliphatic heterocycles. The minimum Gasteiger partial charge on any atom is -0.345 e. The first-order chi connectivity index (χ1) is 9.75. The number of nitrogens with one attached hydrogen (secondary N) is 1. The van der Waals surface area contributed by atoms with Gasteiger partial charge >= 0.3 is 0 Å². The smallest absolute Gasteiger partial charge is 0.231 e. The van der Waals surface area contributed by atoms with Crippen molar-refractivity contribution in [3.8, 4) is 0 Å². The fourth-order valence-corrected chi connectivity index (χ4v) is 3.01. The summed E-state index contributed by atoms with van der Waals surface area (Å²) >= 11 is 0. The Balaban J connectivity index is 2.01. The van der Waals surface area contributed by atoms with Crippen LogP contribution in [0.3, 0.4) is 0 Å². The van der Waals surface area contributed by atoms with Gasteiger partial charge in [-0.15, -0.1) is 0 Å². The van der Waals surface area contributed by atoms with Crippen LogP contribution < -0.4 is 0 Å². The van der Waals surface area contributed by atoms with Crippen molar-refractivity contribution in [1.29, 1.82) is 0 Å². The molecule has 0 aliphatic carbocycles. The molecule has 3 heterocycles. The van der Waals surface area contributed by atoms with E-state index in [1.165, 1.54) is 0 Å². The molecule has 2 aromatic heterocycles. The van der Waals surface area contributed by atoms with Gasteiger partial charge in [-0.2, -0.15) is 5.10 Å². The first-order valence-corrected chi connectivity index (χ1v) is 6.72. The predicted octanol–water partition coefficient (Wildman–Crippen LogP) is 2.06. The number of likely N-dealkylation sites (N-methyl/N-ethyl adjacent to an activating group) is 1. The first kappa shape index (κ1) is 11.4. The number of likely N-dealkylation sites (tertiary alicyclic amines) is 1. The molecule has 1 aromatic carbocycles. The molecule has 1 saturated heterocycles. The van der Waals surface area contributed by atoms with Gasteiger partial charge in [0.25, 0.3) is 0 Å². The summed E-state index contributed by atoms with van der Waals surface area (Å²) in [4.78, 5) is 18.4. The fraction of sp³-hybridized carbons (Fsp3) is 0.267. The van der Waals surface area contributed by atoms with Gasteiger partial charge in [0.05, 0.1) is 17.0 Å². The number of benzene rings is 1. The lowest BCUT2D eigenvalue weighted by molar-refractivity contribution is -0.127. The second kappa shape index (κ2) is 4.03. The third-order valence-corrected chi connectivity index (χ3v) is 4.11. The number of carbonyl (C=O) groups is 1. The molecule has 0 saturated carbocycles. The molecule has 0 radical (unpaired) electrons. The van der Waals surface area contributed by atoms with Gasteiger partial charge < -0.3 is 4.90 Å². The summed E-state index contributed by atoms with van der Waals surface area (Å²) in [5.41, 5.74) is 1.58. The minimum atomic E-state index is -0.127. The number of amides is 1. The highest BCUT2D eigenvalue weighted by atomic mass is 16.2. The van der Waals surface area contributed by atoms with Crippen molar-refractivity contribution in [1.82, 2.24) is 20.1 Å². The van der Waals surface area contributed by atoms with Gasteiger partial charge in [0, 0.05) is 25.2 Å². The lowest BCUT2D eigenvalue weighted by atomic mass is 9.98. The third kappa shape index (κ3) is 1.46. The standard InChI is InChI=1S/C15H14N4O/c1-19-7-6-11(15(19)20)13-12-10-5-3-2-4-9(10)8-16-14(12)18-17-13/h2-5,8,11H,6-7H2,1H3,(H,16,17,18). The number of fused-ring (bicyclic) bond motifs is 3. The van der Waals surface area contributed by atoms with Crippen molar-refractivity contribution in [2.75, 3.05) is 13.6 Å². The van der Waals surface area contributed by atoms with E-state index in [0.29, 0.717) is 5.65 Å². The highest BCUT2D eigenvalue weighted by Gasteiger charge is 2.33. The number of hydrogen-bond donors (Lipinski definition) is 1. The molecule has 0 spiro atoms. The number of H-pyrrole nitrogens is 1. The first-order valence-electron chi connectivity index (χ1n) is 6.72. The zero-order valence-corrected chi connectivity index (χ0v) is 11.1. The predicted molar refractivity (Wildman–Crippen MR) is 76.4 cm³/mol. The van der Waals surface area contributed by atoms with Crippen LogP contribution in [0.5, 0.6) is 0 Å². The maximum absolute atomic E-state index is 12.2. The van der Waals surface area contributed by atoms with Crippen LogP contribution in [0, 0.1) is 0 Å². The van der Waals surface area contributed by atoms with Crippen LogP contribution in [-0.2, 0) is 4.79 Å². The van der Waals surface area contributed by atoms with Gasteiger partial charge in [0.15, 0.2) is 5.65 Å². The molecule has 5 heteroatoms. The van der Waals surface area contributed by atoms with E-state index >= 15 is 0 Å². The maximum Gasteiger partial charge on any atom is 0.231 e. The molecule has 1 aliphatic rings. The molecule has 1 fully saturated rings. The van der Waals surface area contributed by atoms with Gasteiger partial charge in [-0.3, -0.25) is 9.89 Å². The Bertz CT molecular complexity index is 823. The van der Waals surface area contributed by atoms with Gasteiger partial charge in [-0.1, -0.05) is 24.3 Å². The minimum absolute atomic E-state index is 0.127. The SMILES string of the molecule is CN1CCC(c2[nH]nc3ncc4ccccc4c23)C1=O. The van der Waals surface area contributed by atoms with E-state index in [4.69, 9.17) is 0 Å². The summed E-state index contributed by atoms with van der Waals surface area (Å²) in [5, 5.41) is 10.5. The van der Waals surface area contributed by atoms with Crippen LogP contribution in [0.15, 0.2) is 30.5 Å². The molecular formula is C15H14N4O. The maximum atomic E-state index is 12.2. The Morgan fingerprint density at radius 3 is 3.00 bits per heavy atom. The van der Waals surface area contributed by atoms with Gasteiger partial charge in [0.1, 0.15) is 0 Å². The normalized spacial score (nSPS) is 19.4. The summed E-state index contributed by atoms with van der Waals surface area (Å²) in [6.45, 7) is 0.794. The molecule has 1 amide bonds. The van der Waals surface area contributed by atoms with E-state index in [-0.39, 0.29) is 11.8 Å². The van der Waals surface area contributed by atoms with Crippen molar-refractivity contribution >= 4 is 27.7 Å². The van der Waals surface area contributed by atoms with Crippen LogP contribution in [0.25, 0.3) is 21.8 Å². The zero-order valence-electron chi connectivity index (χ0n) is 11.1. The molecular weight excluding hydrogens is 252 g/mol. The summed E-state index contributed by atoms with van der Waals surface area (Å²) < 4.78 is 0. The Kier molecular flexibility index (Phi) is 2.30. The third-order valence-electron chi connectivity index (χ3n) is 4.11. The molecule has 100 valence electrons. The average Bonchev–Trinajstić information content (AvgIpc) is 3.04. The van der Waals surface area contributed by atoms with E-state index in [1.54, 1.807) is 4.90 Å². The van der Waals surface area contributed by atoms with E-state index in [1.807, 2.05) is 31.4 Å². The van der Waals surface area contributed by atoms with Crippen molar-refractivity contribution in [2.24, 2.45) is 0 Å². The van der Waals surface area contributed by atoms with E-state index < -0.39 is 0 Å². The van der Waals surface area contributed by atoms with Gasteiger partial charge in [0.2, 0.25) is 5.91 Å². The second-order valence-electron chi connectivity index (χ2n) is 5.28. The largest absolute Gasteiger partial charge is 0.345 e. The summed E-state index contributed by atoms with van der Waals surface area (Å²) in [7, 11) is 1.84. The molecule has 1 unspecified atom stereocenters. The van der Waals surface area contributed by atoms with Crippen LogP contribution >= 0.6 is 0 Å². The lowest BCUT2D eigenvalue weighted by Gasteiger charge is -2.09. The molecule has 20 heavy (non-hydrogen) atoms. The Labute approximate surface area is 115 Å². The Morgan fingerprint density at radius 2 is 2.20 bits per heavy atom. The summed E-state index contributed by atoms with van der Waals surface area (Å²) in [6.07, 6.45) is 2.65. The highest BCUT2D eigenvalue weighted by molar-refractivity contribution is 6.07. The molecule has 1 N–H and O–H groups in total. The average molecular weight is 266 g/mol. The van der Waals surface area contributed by atoms with Crippen molar-refractivity contribution < 1.29 is 4.79 Å². The number of aromatic nitrogens is 3. The number of aromatic amines is 1. The number of nitrogens with zero attached hydrogens (tertiary/aromatic N) is 3. The molecule has 0 bridgehead atoms. The van der Waals surface area contributed by atoms with Crippen LogP contribution in [0.4, 0.5) is 0 Å². The summed E-state index contributed by atoms with van der Waals surface area (Å²) in [6, 6.07) is 8.08. The zero-order chi connectivity index (χ0) is 13.7. The molecule has 5 nitrogen and oxygen atoms in total. The highest BCUT2D eigenvalue weighted by Crippen LogP contribution is 2.34. The van der Waals surface area contributed by atoms with Gasteiger partial charge in [-0.25, -0.2) is 4.98 Å². The lowest BCUT2D eigenvalue weighted by Crippen LogP contribution is -2.21. The number of pyridine rings is 1. The van der Waals surface area contributed by atoms with Crippen molar-refractivity contribution in [3.63, 3.8) is 0 Å². The van der Waals surface area contributed by atoms with E-state index in [9.17, 15) is 4.79 Å². The van der Waals surface area contributed by atoms with Crippen LogP contribution in [-0.4, -0.2) is 39.6 Å². The van der Waals surface area contributed by atoms with Gasteiger partial charge in [-0.05, 0) is 11.8 Å². The number of carbonyl (C=O) groups excluding carboxylic acids is 1. The van der Waals surface area contributed by atoms with Crippen LogP contribution in [0.1, 0.15) is 18.0 Å². The number of hydrogen-bond acceptors (Lipinski definition) is 3. The Hall–Kier alpha value is -2.43. The summed E-state index contributed by atoms with van der Waals surface area (Å²) in [5.74, 6) is 0.0288. The number of rotatable bonds is 1. The molecule has 1 atom stereocenters. The molecule has 4 rings (SSSR count). The van der Waals surface area contributed by atoms with Crippen LogP contribution in [0.2, 0.25) is 0 Å². The quantitative estimate of drug-likeness (QED) is 0.733. The van der Waals surface area contributed by atoms with E-state index in [2.05, 4.69) is 21.2 Å². The Morgan fingerprint density at radius 1 is 1.35 bits per heavy atom. The molecule has 3 aromatic rings. The second-order valence-corrected chi connectivity index (χ2v) is 5.28. The van der Waals surface area contributed by atoms with E-state index in [0.717, 1.165) is 34.8 Å². The monoisotopic (exact) mass is 266 g/mol. The fourth-order valence-electron chi connectivity index (χ4n) is 3.01. The topological polar surface area (TPSA) is 61.9 Å². The van der Waals surface area contributed by atoms with Crippen molar-refractivity contribution in [2.45, 2.75) is 12.3 Å². The van der Waals surface area contributed by atoms with Crippen molar-refractivity contribution in [3.05, 3.63) is 36.2 Å².